The minimum atomic E-state index is -1.22. The highest BCUT2D eigenvalue weighted by molar-refractivity contribution is 7.99. The van der Waals surface area contributed by atoms with Gasteiger partial charge in [0.2, 0.25) is 11.8 Å². The molecule has 10 nitrogen and oxygen atoms in total. The third-order valence-corrected chi connectivity index (χ3v) is 8.88. The van der Waals surface area contributed by atoms with Gasteiger partial charge in [-0.3, -0.25) is 14.4 Å². The van der Waals surface area contributed by atoms with Crippen LogP contribution in [0, 0.1) is 17.0 Å². The van der Waals surface area contributed by atoms with E-state index >= 15 is 4.39 Å². The van der Waals surface area contributed by atoms with E-state index in [1.807, 2.05) is 61.7 Å². The smallest absolute Gasteiger partial charge is 0.326 e. The quantitative estimate of drug-likeness (QED) is 0.116. The highest BCUT2D eigenvalue weighted by Gasteiger charge is 2.37. The number of amides is 2. The number of aromatic nitrogens is 1. The van der Waals surface area contributed by atoms with E-state index in [1.54, 1.807) is 11.1 Å². The van der Waals surface area contributed by atoms with Gasteiger partial charge >= 0.3 is 11.9 Å². The minimum absolute atomic E-state index is 0.0286. The molecule has 0 spiro atoms. The van der Waals surface area contributed by atoms with E-state index < -0.39 is 47.0 Å². The van der Waals surface area contributed by atoms with Crippen LogP contribution in [0.25, 0.3) is 11.1 Å². The van der Waals surface area contributed by atoms with Crippen molar-refractivity contribution >= 4 is 35.5 Å². The molecular formula is C36H46F2N4O6S. The van der Waals surface area contributed by atoms with Crippen molar-refractivity contribution in [1.29, 1.82) is 0 Å². The lowest BCUT2D eigenvalue weighted by Gasteiger charge is -2.41. The van der Waals surface area contributed by atoms with Crippen molar-refractivity contribution in [1.82, 2.24) is 14.8 Å². The first-order chi connectivity index (χ1) is 23.2. The molecule has 1 aromatic heterocycles. The van der Waals surface area contributed by atoms with E-state index in [9.17, 15) is 28.7 Å². The largest absolute Gasteiger partial charge is 0.481 e. The standard InChI is InChI=1S/C36H46F2N4O6S/c1-36(2,3)34(30-19-25(27-20-26(37)13-14-28(27)38)22-41(30)21-24-9-5-4-6-10-24)42(17-8-16-39)32(44)23-49-18-15-29(35(47)48)40-31(43)11-7-12-33(45)46/h4-6,9-10,13-14,19-20,22,29,34H,7-8,11-12,15-18,21,23,39H2,1-3H3,(H,40,43)(H,45,46)(H,47,48). The number of benzene rings is 2. The van der Waals surface area contributed by atoms with Gasteiger partial charge in [-0.25, -0.2) is 13.6 Å². The first kappa shape index (κ1) is 39.2. The Morgan fingerprint density at radius 3 is 2.35 bits per heavy atom. The maximum Gasteiger partial charge on any atom is 0.326 e. The molecule has 3 rings (SSSR count). The Morgan fingerprint density at radius 2 is 1.71 bits per heavy atom. The summed E-state index contributed by atoms with van der Waals surface area (Å²) in [4.78, 5) is 50.4. The van der Waals surface area contributed by atoms with Crippen LogP contribution in [-0.2, 0) is 25.7 Å². The lowest BCUT2D eigenvalue weighted by molar-refractivity contribution is -0.142. The number of nitrogens with one attached hydrogen (secondary N) is 1. The van der Waals surface area contributed by atoms with Gasteiger partial charge in [0.1, 0.15) is 17.7 Å². The number of carboxylic acids is 2. The molecule has 13 heteroatoms. The third-order valence-electron chi connectivity index (χ3n) is 7.90. The fourth-order valence-corrected chi connectivity index (χ4v) is 6.53. The molecule has 5 N–H and O–H groups in total. The number of nitrogens with zero attached hydrogens (tertiary/aromatic N) is 2. The average Bonchev–Trinajstić information content (AvgIpc) is 3.43. The second-order valence-corrected chi connectivity index (χ2v) is 14.0. The molecule has 0 aliphatic rings. The summed E-state index contributed by atoms with van der Waals surface area (Å²) in [5.41, 5.74) is 7.68. The zero-order chi connectivity index (χ0) is 36.1. The summed E-state index contributed by atoms with van der Waals surface area (Å²) in [5.74, 6) is -3.86. The number of aliphatic carboxylic acids is 2. The Bertz CT molecular complexity index is 1580. The molecule has 2 unspecified atom stereocenters. The van der Waals surface area contributed by atoms with Gasteiger partial charge in [0.15, 0.2) is 0 Å². The normalized spacial score (nSPS) is 12.7. The van der Waals surface area contributed by atoms with Crippen LogP contribution in [0.5, 0.6) is 0 Å². The molecule has 2 aromatic carbocycles. The Kier molecular flexibility index (Phi) is 14.8. The summed E-state index contributed by atoms with van der Waals surface area (Å²) >= 11 is 1.24. The molecular weight excluding hydrogens is 654 g/mol. The van der Waals surface area contributed by atoms with Crippen LogP contribution in [0.15, 0.2) is 60.8 Å². The molecule has 0 bridgehead atoms. The number of carbonyl (C=O) groups excluding carboxylic acids is 2. The molecule has 0 radical (unpaired) electrons. The monoisotopic (exact) mass is 700 g/mol. The lowest BCUT2D eigenvalue weighted by Crippen LogP contribution is -2.44. The summed E-state index contributed by atoms with van der Waals surface area (Å²) in [6.07, 6.45) is 2.15. The van der Waals surface area contributed by atoms with Crippen LogP contribution in [0.3, 0.4) is 0 Å². The number of rotatable bonds is 19. The molecule has 0 aliphatic carbocycles. The Balaban J connectivity index is 1.88. The van der Waals surface area contributed by atoms with E-state index in [2.05, 4.69) is 5.32 Å². The van der Waals surface area contributed by atoms with Crippen LogP contribution in [0.2, 0.25) is 0 Å². The predicted octanol–water partition coefficient (Wildman–Crippen LogP) is 5.69. The van der Waals surface area contributed by atoms with Crippen molar-refractivity contribution in [2.24, 2.45) is 11.1 Å². The van der Waals surface area contributed by atoms with Crippen LogP contribution in [-0.4, -0.2) is 74.1 Å². The summed E-state index contributed by atoms with van der Waals surface area (Å²) in [6, 6.07) is 13.1. The molecule has 0 saturated carbocycles. The van der Waals surface area contributed by atoms with Crippen molar-refractivity contribution in [3.63, 3.8) is 0 Å². The van der Waals surface area contributed by atoms with Crippen LogP contribution >= 0.6 is 11.8 Å². The molecule has 266 valence electrons. The summed E-state index contributed by atoms with van der Waals surface area (Å²) < 4.78 is 31.3. The number of nitrogens with two attached hydrogens (primary N) is 1. The SMILES string of the molecule is CC(C)(C)C(c1cc(-c2cc(F)ccc2F)cn1Cc1ccccc1)N(CCCN)C(=O)CSCCC(NC(=O)CCCC(=O)O)C(=O)O. The zero-order valence-electron chi connectivity index (χ0n) is 28.2. The highest BCUT2D eigenvalue weighted by atomic mass is 32.2. The molecule has 0 saturated heterocycles. The van der Waals surface area contributed by atoms with Gasteiger partial charge in [0.25, 0.3) is 0 Å². The van der Waals surface area contributed by atoms with Crippen molar-refractivity contribution in [3.8, 4) is 11.1 Å². The number of carbonyl (C=O) groups is 4. The van der Waals surface area contributed by atoms with Gasteiger partial charge in [-0.2, -0.15) is 11.8 Å². The highest BCUT2D eigenvalue weighted by Crippen LogP contribution is 2.41. The van der Waals surface area contributed by atoms with E-state index in [0.717, 1.165) is 29.5 Å². The van der Waals surface area contributed by atoms with Crippen LogP contribution in [0.4, 0.5) is 8.78 Å². The Hall–Kier alpha value is -4.23. The fourth-order valence-electron chi connectivity index (χ4n) is 5.64. The predicted molar refractivity (Wildman–Crippen MR) is 186 cm³/mol. The van der Waals surface area contributed by atoms with Gasteiger partial charge in [-0.1, -0.05) is 51.1 Å². The average molecular weight is 701 g/mol. The van der Waals surface area contributed by atoms with Gasteiger partial charge < -0.3 is 30.7 Å². The third kappa shape index (κ3) is 12.0. The second-order valence-electron chi connectivity index (χ2n) is 12.9. The second kappa shape index (κ2) is 18.5. The number of carboxylic acid groups (broad SMARTS) is 2. The summed E-state index contributed by atoms with van der Waals surface area (Å²) in [5, 5.41) is 20.8. The zero-order valence-corrected chi connectivity index (χ0v) is 29.0. The lowest BCUT2D eigenvalue weighted by atomic mass is 9.83. The van der Waals surface area contributed by atoms with Gasteiger partial charge in [0.05, 0.1) is 11.8 Å². The van der Waals surface area contributed by atoms with Crippen molar-refractivity contribution in [2.75, 3.05) is 24.6 Å². The number of hydrogen-bond donors (Lipinski definition) is 4. The van der Waals surface area contributed by atoms with Gasteiger partial charge in [-0.15, -0.1) is 0 Å². The van der Waals surface area contributed by atoms with Crippen LogP contribution in [0.1, 0.15) is 70.2 Å². The van der Waals surface area contributed by atoms with Crippen molar-refractivity contribution in [2.45, 2.75) is 71.5 Å². The molecule has 2 amide bonds. The van der Waals surface area contributed by atoms with Crippen LogP contribution < -0.4 is 11.1 Å². The van der Waals surface area contributed by atoms with Gasteiger partial charge in [-0.05, 0) is 66.8 Å². The Morgan fingerprint density at radius 1 is 1.00 bits per heavy atom. The molecule has 3 aromatic rings. The van der Waals surface area contributed by atoms with Crippen molar-refractivity contribution in [3.05, 3.63) is 83.7 Å². The Labute approximate surface area is 290 Å². The maximum atomic E-state index is 15.0. The maximum absolute atomic E-state index is 15.0. The molecule has 1 heterocycles. The fraction of sp³-hybridized carbons (Fsp3) is 0.444. The number of hydrogen-bond acceptors (Lipinski definition) is 6. The minimum Gasteiger partial charge on any atom is -0.481 e. The molecule has 49 heavy (non-hydrogen) atoms. The molecule has 0 aliphatic heterocycles. The van der Waals surface area contributed by atoms with E-state index in [4.69, 9.17) is 10.8 Å². The topological polar surface area (TPSA) is 155 Å². The molecule has 0 fully saturated rings. The van der Waals surface area contributed by atoms with Gasteiger partial charge in [0, 0.05) is 48.9 Å². The van der Waals surface area contributed by atoms with Crippen molar-refractivity contribution < 1.29 is 38.2 Å². The summed E-state index contributed by atoms with van der Waals surface area (Å²) in [7, 11) is 0. The number of thioether (sulfide) groups is 1. The first-order valence-corrected chi connectivity index (χ1v) is 17.4. The number of halogens is 2. The van der Waals surface area contributed by atoms with E-state index in [-0.39, 0.29) is 48.7 Å². The van der Waals surface area contributed by atoms with E-state index in [1.165, 1.54) is 11.8 Å². The van der Waals surface area contributed by atoms with E-state index in [0.29, 0.717) is 31.6 Å². The summed E-state index contributed by atoms with van der Waals surface area (Å²) in [6.45, 7) is 7.12. The molecule has 2 atom stereocenters. The first-order valence-electron chi connectivity index (χ1n) is 16.2.